The van der Waals surface area contributed by atoms with Crippen LogP contribution in [0.2, 0.25) is 0 Å². The first kappa shape index (κ1) is 10.5. The van der Waals surface area contributed by atoms with Gasteiger partial charge in [-0.2, -0.15) is 5.26 Å². The van der Waals surface area contributed by atoms with Crippen molar-refractivity contribution in [1.29, 1.82) is 5.26 Å². The fourth-order valence-corrected chi connectivity index (χ4v) is 2.74. The fourth-order valence-electron chi connectivity index (χ4n) is 2.74. The largest absolute Gasteiger partial charge is 0.300 e. The molecule has 2 atom stereocenters. The molecule has 1 saturated carbocycles. The molecule has 13 heavy (non-hydrogen) atoms. The lowest BCUT2D eigenvalue weighted by molar-refractivity contribution is 0.192. The molecule has 1 N–H and O–H groups in total. The molecular formula is C11H20N2. The van der Waals surface area contributed by atoms with Crippen LogP contribution in [0, 0.1) is 23.2 Å². The SMILES string of the molecule is CCNC1(C#N)CC(C)CC(C)C1. The van der Waals surface area contributed by atoms with Crippen LogP contribution in [0.4, 0.5) is 0 Å². The number of nitrogens with one attached hydrogen (secondary N) is 1. The van der Waals surface area contributed by atoms with Gasteiger partial charge in [0.2, 0.25) is 0 Å². The fraction of sp³-hybridized carbons (Fsp3) is 0.909. The van der Waals surface area contributed by atoms with Gasteiger partial charge in [-0.25, -0.2) is 0 Å². The average Bonchev–Trinajstić information content (AvgIpc) is 2.03. The van der Waals surface area contributed by atoms with E-state index in [-0.39, 0.29) is 5.54 Å². The smallest absolute Gasteiger partial charge is 0.107 e. The first-order valence-corrected chi connectivity index (χ1v) is 5.28. The van der Waals surface area contributed by atoms with Crippen molar-refractivity contribution in [3.63, 3.8) is 0 Å². The molecule has 0 radical (unpaired) electrons. The lowest BCUT2D eigenvalue weighted by Gasteiger charge is -2.38. The van der Waals surface area contributed by atoms with E-state index in [1.165, 1.54) is 6.42 Å². The minimum Gasteiger partial charge on any atom is -0.300 e. The molecule has 0 amide bonds. The van der Waals surface area contributed by atoms with Crippen molar-refractivity contribution in [2.24, 2.45) is 11.8 Å². The Bertz CT molecular complexity index is 195. The highest BCUT2D eigenvalue weighted by atomic mass is 15.0. The summed E-state index contributed by atoms with van der Waals surface area (Å²) in [5.74, 6) is 1.37. The number of nitrogens with zero attached hydrogens (tertiary/aromatic N) is 1. The van der Waals surface area contributed by atoms with Crippen molar-refractivity contribution in [3.05, 3.63) is 0 Å². The third kappa shape index (κ3) is 2.45. The van der Waals surface area contributed by atoms with Gasteiger partial charge in [-0.3, -0.25) is 5.32 Å². The highest BCUT2D eigenvalue weighted by molar-refractivity contribution is 5.10. The van der Waals surface area contributed by atoms with E-state index in [0.717, 1.165) is 19.4 Å². The van der Waals surface area contributed by atoms with Gasteiger partial charge in [-0.15, -0.1) is 0 Å². The molecule has 0 aliphatic heterocycles. The van der Waals surface area contributed by atoms with E-state index < -0.39 is 0 Å². The molecule has 1 fully saturated rings. The summed E-state index contributed by atoms with van der Waals surface area (Å²) in [4.78, 5) is 0. The Morgan fingerprint density at radius 3 is 2.31 bits per heavy atom. The molecule has 1 aliphatic rings. The highest BCUT2D eigenvalue weighted by Crippen LogP contribution is 2.35. The van der Waals surface area contributed by atoms with Crippen molar-refractivity contribution in [3.8, 4) is 6.07 Å². The van der Waals surface area contributed by atoms with Gasteiger partial charge in [-0.1, -0.05) is 20.8 Å². The Morgan fingerprint density at radius 1 is 1.38 bits per heavy atom. The van der Waals surface area contributed by atoms with Crippen LogP contribution >= 0.6 is 0 Å². The summed E-state index contributed by atoms with van der Waals surface area (Å²) in [6, 6.07) is 2.47. The van der Waals surface area contributed by atoms with Crippen molar-refractivity contribution in [2.45, 2.75) is 45.6 Å². The van der Waals surface area contributed by atoms with Crippen LogP contribution in [0.5, 0.6) is 0 Å². The van der Waals surface area contributed by atoms with E-state index in [9.17, 15) is 5.26 Å². The van der Waals surface area contributed by atoms with Crippen LogP contribution in [0.15, 0.2) is 0 Å². The van der Waals surface area contributed by atoms with Crippen LogP contribution in [0.1, 0.15) is 40.0 Å². The van der Waals surface area contributed by atoms with Gasteiger partial charge in [0, 0.05) is 0 Å². The summed E-state index contributed by atoms with van der Waals surface area (Å²) in [6.07, 6.45) is 3.30. The van der Waals surface area contributed by atoms with E-state index in [0.29, 0.717) is 11.8 Å². The number of rotatable bonds is 2. The first-order valence-electron chi connectivity index (χ1n) is 5.28. The molecule has 0 aromatic heterocycles. The van der Waals surface area contributed by atoms with Gasteiger partial charge in [0.15, 0.2) is 0 Å². The molecule has 0 heterocycles. The van der Waals surface area contributed by atoms with E-state index in [1.54, 1.807) is 0 Å². The van der Waals surface area contributed by atoms with Crippen LogP contribution < -0.4 is 5.32 Å². The molecule has 0 spiro atoms. The predicted molar refractivity (Wildman–Crippen MR) is 54.2 cm³/mol. The van der Waals surface area contributed by atoms with E-state index in [1.807, 2.05) is 0 Å². The maximum Gasteiger partial charge on any atom is 0.107 e. The second-order valence-corrected chi connectivity index (χ2v) is 4.58. The Labute approximate surface area is 81.3 Å². The highest BCUT2D eigenvalue weighted by Gasteiger charge is 2.37. The number of hydrogen-bond acceptors (Lipinski definition) is 2. The van der Waals surface area contributed by atoms with Gasteiger partial charge >= 0.3 is 0 Å². The van der Waals surface area contributed by atoms with Gasteiger partial charge in [0.05, 0.1) is 6.07 Å². The predicted octanol–water partition coefficient (Wildman–Crippen LogP) is 2.31. The Kier molecular flexibility index (Phi) is 3.33. The summed E-state index contributed by atoms with van der Waals surface area (Å²) >= 11 is 0. The third-order valence-electron chi connectivity index (χ3n) is 2.93. The standard InChI is InChI=1S/C11H20N2/c1-4-13-11(8-12)6-9(2)5-10(3)7-11/h9-10,13H,4-7H2,1-3H3. The zero-order chi connectivity index (χ0) is 9.90. The Morgan fingerprint density at radius 2 is 1.92 bits per heavy atom. The zero-order valence-electron chi connectivity index (χ0n) is 8.93. The molecule has 0 aromatic rings. The molecule has 1 rings (SSSR count). The number of hydrogen-bond donors (Lipinski definition) is 1. The molecule has 1 aliphatic carbocycles. The summed E-state index contributed by atoms with van der Waals surface area (Å²) in [5, 5.41) is 12.5. The zero-order valence-corrected chi connectivity index (χ0v) is 8.93. The molecule has 2 unspecified atom stereocenters. The quantitative estimate of drug-likeness (QED) is 0.708. The second-order valence-electron chi connectivity index (χ2n) is 4.58. The van der Waals surface area contributed by atoms with Crippen molar-refractivity contribution >= 4 is 0 Å². The lowest BCUT2D eigenvalue weighted by Crippen LogP contribution is -2.49. The van der Waals surface area contributed by atoms with Gasteiger partial charge in [0.25, 0.3) is 0 Å². The summed E-state index contributed by atoms with van der Waals surface area (Å²) in [6.45, 7) is 7.47. The third-order valence-corrected chi connectivity index (χ3v) is 2.93. The van der Waals surface area contributed by atoms with Gasteiger partial charge < -0.3 is 0 Å². The Hall–Kier alpha value is -0.550. The molecule has 0 bridgehead atoms. The van der Waals surface area contributed by atoms with Crippen molar-refractivity contribution < 1.29 is 0 Å². The maximum atomic E-state index is 9.20. The van der Waals surface area contributed by atoms with Crippen LogP contribution in [0.25, 0.3) is 0 Å². The molecule has 0 saturated heterocycles. The first-order chi connectivity index (χ1) is 6.12. The molecule has 0 aromatic carbocycles. The van der Waals surface area contributed by atoms with Crippen LogP contribution in [-0.4, -0.2) is 12.1 Å². The summed E-state index contributed by atoms with van der Waals surface area (Å²) in [5.41, 5.74) is -0.230. The normalized spacial score (nSPS) is 39.8. The second kappa shape index (κ2) is 4.11. The van der Waals surface area contributed by atoms with Crippen molar-refractivity contribution in [1.82, 2.24) is 5.32 Å². The minimum atomic E-state index is -0.230. The van der Waals surface area contributed by atoms with Crippen molar-refractivity contribution in [2.75, 3.05) is 6.54 Å². The minimum absolute atomic E-state index is 0.230. The molecule has 2 nitrogen and oxygen atoms in total. The molecular weight excluding hydrogens is 160 g/mol. The van der Waals surface area contributed by atoms with E-state index in [4.69, 9.17) is 0 Å². The maximum absolute atomic E-state index is 9.20. The van der Waals surface area contributed by atoms with Crippen LogP contribution in [-0.2, 0) is 0 Å². The van der Waals surface area contributed by atoms with Crippen LogP contribution in [0.3, 0.4) is 0 Å². The van der Waals surface area contributed by atoms with E-state index >= 15 is 0 Å². The molecule has 2 heteroatoms. The topological polar surface area (TPSA) is 35.8 Å². The average molecular weight is 180 g/mol. The summed E-state index contributed by atoms with van der Waals surface area (Å²) < 4.78 is 0. The summed E-state index contributed by atoms with van der Waals surface area (Å²) in [7, 11) is 0. The van der Waals surface area contributed by atoms with Gasteiger partial charge in [0.1, 0.15) is 5.54 Å². The number of nitriles is 1. The van der Waals surface area contributed by atoms with Gasteiger partial charge in [-0.05, 0) is 37.6 Å². The van der Waals surface area contributed by atoms with E-state index in [2.05, 4.69) is 32.2 Å². The monoisotopic (exact) mass is 180 g/mol. The molecule has 74 valence electrons. The Balaban J connectivity index is 2.69. The lowest BCUT2D eigenvalue weighted by atomic mass is 9.72.